The normalized spacial score (nSPS) is 28.6. The summed E-state index contributed by atoms with van der Waals surface area (Å²) >= 11 is 0. The van der Waals surface area contributed by atoms with Crippen molar-refractivity contribution < 1.29 is 39.6 Å². The Balaban J connectivity index is 2.02. The number of nitrogen functional groups attached to an aromatic ring is 1. The van der Waals surface area contributed by atoms with E-state index in [2.05, 4.69) is 0 Å². The summed E-state index contributed by atoms with van der Waals surface area (Å²) in [6.45, 7) is 1.29. The molecule has 11 nitrogen and oxygen atoms in total. The van der Waals surface area contributed by atoms with E-state index in [0.717, 1.165) is 0 Å². The molecule has 1 saturated carbocycles. The molecule has 0 saturated heterocycles. The number of carbonyl (C=O) groups excluding carboxylic acids is 4. The van der Waals surface area contributed by atoms with Crippen LogP contribution in [0.5, 0.6) is 5.75 Å². The second kappa shape index (κ2) is 7.40. The fourth-order valence-corrected chi connectivity index (χ4v) is 5.65. The van der Waals surface area contributed by atoms with Crippen LogP contribution in [0, 0.1) is 11.8 Å². The summed E-state index contributed by atoms with van der Waals surface area (Å²) in [6.07, 6.45) is -0.0362. The summed E-state index contributed by atoms with van der Waals surface area (Å²) in [6, 6.07) is 0.112. The number of nitrogens with zero attached hydrogens (tertiary/aromatic N) is 1. The van der Waals surface area contributed by atoms with Gasteiger partial charge in [0, 0.05) is 17.1 Å². The number of aliphatic hydroxyl groups is 3. The monoisotopic (exact) mass is 471 g/mol. The van der Waals surface area contributed by atoms with Crippen LogP contribution in [0.2, 0.25) is 0 Å². The van der Waals surface area contributed by atoms with Crippen LogP contribution in [0.15, 0.2) is 23.0 Å². The van der Waals surface area contributed by atoms with E-state index >= 15 is 0 Å². The highest BCUT2D eigenvalue weighted by molar-refractivity contribution is 6.24. The Morgan fingerprint density at radius 3 is 2.32 bits per heavy atom. The van der Waals surface area contributed by atoms with E-state index in [0.29, 0.717) is 0 Å². The maximum absolute atomic E-state index is 13.7. The second-order valence-corrected chi connectivity index (χ2v) is 9.23. The van der Waals surface area contributed by atoms with Crippen LogP contribution in [0.25, 0.3) is 5.76 Å². The minimum atomic E-state index is -2.72. The molecule has 4 rings (SSSR count). The van der Waals surface area contributed by atoms with E-state index in [-0.39, 0.29) is 46.6 Å². The lowest BCUT2D eigenvalue weighted by molar-refractivity contribution is -0.153. The molecule has 0 aliphatic heterocycles. The fraction of sp³-hybridized carbons (Fsp3) is 0.391. The molecule has 1 aromatic rings. The van der Waals surface area contributed by atoms with E-state index < -0.39 is 63.8 Å². The number of aromatic hydroxyl groups is 1. The van der Waals surface area contributed by atoms with Crippen LogP contribution in [0.4, 0.5) is 5.69 Å². The first-order chi connectivity index (χ1) is 15.7. The molecule has 0 aromatic heterocycles. The molecule has 1 aromatic carbocycles. The number of primary amides is 1. The third-order valence-electron chi connectivity index (χ3n) is 7.13. The molecule has 11 heteroatoms. The number of fused-ring (bicyclic) bond motifs is 3. The largest absolute Gasteiger partial charge is 0.508 e. The number of likely N-dealkylation sites (N-methyl/N-ethyl adjacent to an activating group) is 1. The highest BCUT2D eigenvalue weighted by Gasteiger charge is 2.64. The van der Waals surface area contributed by atoms with Crippen molar-refractivity contribution >= 4 is 34.7 Å². The van der Waals surface area contributed by atoms with E-state index in [9.17, 15) is 39.6 Å². The highest BCUT2D eigenvalue weighted by atomic mass is 16.3. The maximum Gasteiger partial charge on any atom is 0.255 e. The molecule has 34 heavy (non-hydrogen) atoms. The van der Waals surface area contributed by atoms with Gasteiger partial charge in [0.25, 0.3) is 5.91 Å². The number of amides is 1. The number of rotatable bonds is 3. The summed E-state index contributed by atoms with van der Waals surface area (Å²) in [5.41, 5.74) is 7.23. The Kier molecular flexibility index (Phi) is 5.11. The Morgan fingerprint density at radius 1 is 1.18 bits per heavy atom. The summed E-state index contributed by atoms with van der Waals surface area (Å²) in [4.78, 5) is 52.3. The van der Waals surface area contributed by atoms with Gasteiger partial charge in [0.15, 0.2) is 17.2 Å². The van der Waals surface area contributed by atoms with Gasteiger partial charge in [0.1, 0.15) is 22.8 Å². The van der Waals surface area contributed by atoms with Crippen LogP contribution >= 0.6 is 0 Å². The first-order valence-electron chi connectivity index (χ1n) is 10.5. The predicted octanol–water partition coefficient (Wildman–Crippen LogP) is -0.251. The van der Waals surface area contributed by atoms with E-state index in [1.54, 1.807) is 0 Å². The number of nitrogens with two attached hydrogens (primary N) is 2. The highest BCUT2D eigenvalue weighted by Crippen LogP contribution is 2.53. The van der Waals surface area contributed by atoms with Crippen molar-refractivity contribution in [3.8, 4) is 5.75 Å². The second-order valence-electron chi connectivity index (χ2n) is 9.23. The van der Waals surface area contributed by atoms with Gasteiger partial charge in [0.2, 0.25) is 5.78 Å². The van der Waals surface area contributed by atoms with Crippen molar-refractivity contribution in [3.63, 3.8) is 0 Å². The van der Waals surface area contributed by atoms with E-state index in [4.69, 9.17) is 11.5 Å². The molecule has 0 bridgehead atoms. The standard InChI is InChI=1S/C23H25N3O8/c1-7(27)9-6-12(24)17(28)14-10(9)4-8-5-11-16(26(2)3)19(30)15(22(25)33)21(32)23(11,34)20(31)13(8)18(14)29/h6,8,11,16,28-29,32,34H,4-5,24H2,1-3H3,(H2,25,33)/t8-,11-,16+,23-/m0/s1. The third kappa shape index (κ3) is 2.83. The number of hydrogen-bond donors (Lipinski definition) is 6. The molecular formula is C23H25N3O8. The molecule has 0 spiro atoms. The van der Waals surface area contributed by atoms with Crippen LogP contribution in [-0.2, 0) is 20.8 Å². The van der Waals surface area contributed by atoms with Crippen LogP contribution in [-0.4, -0.2) is 74.3 Å². The van der Waals surface area contributed by atoms with Crippen LogP contribution < -0.4 is 11.5 Å². The van der Waals surface area contributed by atoms with Crippen molar-refractivity contribution in [1.82, 2.24) is 4.90 Å². The Bertz CT molecular complexity index is 1260. The van der Waals surface area contributed by atoms with Crippen molar-refractivity contribution in [3.05, 3.63) is 39.7 Å². The average Bonchev–Trinajstić information content (AvgIpc) is 2.72. The molecule has 8 N–H and O–H groups in total. The topological polar surface area (TPSA) is 204 Å². The first kappa shape index (κ1) is 23.5. The van der Waals surface area contributed by atoms with Gasteiger partial charge < -0.3 is 31.9 Å². The summed E-state index contributed by atoms with van der Waals surface area (Å²) < 4.78 is 0. The number of carbonyl (C=O) groups is 4. The van der Waals surface area contributed by atoms with E-state index in [1.165, 1.54) is 32.0 Å². The fourth-order valence-electron chi connectivity index (χ4n) is 5.65. The number of anilines is 1. The maximum atomic E-state index is 13.7. The van der Waals surface area contributed by atoms with Gasteiger partial charge in [-0.05, 0) is 51.4 Å². The lowest BCUT2D eigenvalue weighted by atomic mass is 9.57. The predicted molar refractivity (Wildman–Crippen MR) is 119 cm³/mol. The van der Waals surface area contributed by atoms with Gasteiger partial charge in [0.05, 0.1) is 17.3 Å². The molecule has 180 valence electrons. The van der Waals surface area contributed by atoms with Gasteiger partial charge in [-0.15, -0.1) is 0 Å². The summed E-state index contributed by atoms with van der Waals surface area (Å²) in [5.74, 6) is -7.97. The van der Waals surface area contributed by atoms with Crippen LogP contribution in [0.3, 0.4) is 0 Å². The SMILES string of the molecule is CC(=O)c1cc(N)c(O)c2c1C[C@H]1C[C@H]3[C@@H](N(C)C)C(=O)C(C(N)=O)=C(O)[C@@]3(O)C(=O)C1=C2O. The zero-order valence-electron chi connectivity index (χ0n) is 18.7. The molecule has 4 atom stereocenters. The van der Waals surface area contributed by atoms with Crippen molar-refractivity contribution in [2.45, 2.75) is 31.4 Å². The molecule has 0 unspecified atom stereocenters. The molecular weight excluding hydrogens is 446 g/mol. The lowest BCUT2D eigenvalue weighted by Gasteiger charge is -2.50. The number of hydrogen-bond acceptors (Lipinski definition) is 10. The van der Waals surface area contributed by atoms with Gasteiger partial charge in [-0.3, -0.25) is 24.1 Å². The van der Waals surface area contributed by atoms with Gasteiger partial charge in [-0.1, -0.05) is 0 Å². The molecule has 3 aliphatic rings. The molecule has 0 heterocycles. The third-order valence-corrected chi connectivity index (χ3v) is 7.13. The molecule has 3 aliphatic carbocycles. The number of ketones is 3. The number of phenols is 1. The first-order valence-corrected chi connectivity index (χ1v) is 10.5. The zero-order chi connectivity index (χ0) is 25.4. The minimum absolute atomic E-state index is 0.0251. The Morgan fingerprint density at radius 2 is 1.79 bits per heavy atom. The minimum Gasteiger partial charge on any atom is -0.508 e. The Hall–Kier alpha value is -3.70. The summed E-state index contributed by atoms with van der Waals surface area (Å²) in [5, 5.41) is 43.9. The van der Waals surface area contributed by atoms with Crippen molar-refractivity contribution in [2.75, 3.05) is 19.8 Å². The van der Waals surface area contributed by atoms with Gasteiger partial charge >= 0.3 is 0 Å². The number of benzene rings is 1. The lowest BCUT2D eigenvalue weighted by Crippen LogP contribution is -2.65. The van der Waals surface area contributed by atoms with E-state index in [1.807, 2.05) is 0 Å². The zero-order valence-corrected chi connectivity index (χ0v) is 18.7. The molecule has 1 amide bonds. The average molecular weight is 471 g/mol. The number of aliphatic hydroxyl groups excluding tert-OH is 2. The Labute approximate surface area is 194 Å². The smallest absolute Gasteiger partial charge is 0.255 e. The van der Waals surface area contributed by atoms with Crippen molar-refractivity contribution in [1.29, 1.82) is 0 Å². The van der Waals surface area contributed by atoms with Gasteiger partial charge in [-0.2, -0.15) is 0 Å². The number of phenolic OH excluding ortho intramolecular Hbond substituents is 1. The van der Waals surface area contributed by atoms with Crippen molar-refractivity contribution in [2.24, 2.45) is 17.6 Å². The molecule has 1 fully saturated rings. The quantitative estimate of drug-likeness (QED) is 0.147. The van der Waals surface area contributed by atoms with Gasteiger partial charge in [-0.25, -0.2) is 0 Å². The number of Topliss-reactive ketones (excluding diaryl/α,β-unsaturated/α-hetero) is 3. The summed E-state index contributed by atoms with van der Waals surface area (Å²) in [7, 11) is 3.03. The molecule has 0 radical (unpaired) electrons. The van der Waals surface area contributed by atoms with Crippen LogP contribution in [0.1, 0.15) is 34.8 Å².